The normalized spacial score (nSPS) is 12.6. The Morgan fingerprint density at radius 3 is 2.69 bits per heavy atom. The molecule has 72 valence electrons. The van der Waals surface area contributed by atoms with Gasteiger partial charge in [-0.15, -0.1) is 0 Å². The van der Waals surface area contributed by atoms with Gasteiger partial charge in [0.2, 0.25) is 5.88 Å². The molecule has 0 aliphatic rings. The van der Waals surface area contributed by atoms with Crippen LogP contribution in [-0.4, -0.2) is 12.1 Å². The van der Waals surface area contributed by atoms with Crippen LogP contribution in [0.25, 0.3) is 0 Å². The molecule has 0 aliphatic carbocycles. The molecule has 1 atom stereocenters. The lowest BCUT2D eigenvalue weighted by molar-refractivity contribution is 0.396. The molecule has 0 aliphatic heterocycles. The highest BCUT2D eigenvalue weighted by Crippen LogP contribution is 2.19. The van der Waals surface area contributed by atoms with Crippen molar-refractivity contribution in [3.8, 4) is 5.88 Å². The second-order valence-electron chi connectivity index (χ2n) is 3.04. The zero-order chi connectivity index (χ0) is 9.84. The Bertz CT molecular complexity index is 286. The topological polar surface area (TPSA) is 48.1 Å². The van der Waals surface area contributed by atoms with E-state index in [1.54, 1.807) is 7.11 Å². The van der Waals surface area contributed by atoms with Crippen LogP contribution in [-0.2, 0) is 0 Å². The Hall–Kier alpha value is -1.09. The van der Waals surface area contributed by atoms with E-state index in [4.69, 9.17) is 10.5 Å². The standard InChI is InChI=1S/C10H16N2O/c1-4-9(11)8-5-6-10(13-3)12-7(8)2/h5-6,9H,4,11H2,1-3H3/t9-/m0/s1. The van der Waals surface area contributed by atoms with Crippen molar-refractivity contribution in [2.24, 2.45) is 5.73 Å². The van der Waals surface area contributed by atoms with Gasteiger partial charge in [0.05, 0.1) is 7.11 Å². The van der Waals surface area contributed by atoms with E-state index in [0.29, 0.717) is 5.88 Å². The smallest absolute Gasteiger partial charge is 0.213 e. The number of aryl methyl sites for hydroxylation is 1. The lowest BCUT2D eigenvalue weighted by Gasteiger charge is -2.12. The molecule has 1 aromatic rings. The van der Waals surface area contributed by atoms with Gasteiger partial charge in [-0.05, 0) is 18.9 Å². The molecule has 0 fully saturated rings. The van der Waals surface area contributed by atoms with Crippen molar-refractivity contribution in [3.05, 3.63) is 23.4 Å². The predicted octanol–water partition coefficient (Wildman–Crippen LogP) is 1.81. The van der Waals surface area contributed by atoms with Gasteiger partial charge in [0.1, 0.15) is 0 Å². The largest absolute Gasteiger partial charge is 0.481 e. The number of aromatic nitrogens is 1. The molecule has 0 amide bonds. The molecule has 0 aromatic carbocycles. The third-order valence-corrected chi connectivity index (χ3v) is 2.15. The fourth-order valence-corrected chi connectivity index (χ4v) is 1.27. The van der Waals surface area contributed by atoms with E-state index >= 15 is 0 Å². The summed E-state index contributed by atoms with van der Waals surface area (Å²) in [5, 5.41) is 0. The van der Waals surface area contributed by atoms with Crippen LogP contribution in [0, 0.1) is 6.92 Å². The average molecular weight is 180 g/mol. The molecule has 0 saturated heterocycles. The van der Waals surface area contributed by atoms with Crippen molar-refractivity contribution in [1.82, 2.24) is 4.98 Å². The lowest BCUT2D eigenvalue weighted by Crippen LogP contribution is -2.11. The molecule has 3 nitrogen and oxygen atoms in total. The van der Waals surface area contributed by atoms with Gasteiger partial charge in [-0.3, -0.25) is 0 Å². The quantitative estimate of drug-likeness (QED) is 0.771. The first-order chi connectivity index (χ1) is 6.19. The number of hydrogen-bond donors (Lipinski definition) is 1. The molecular formula is C10H16N2O. The number of nitrogens with two attached hydrogens (primary N) is 1. The molecule has 0 unspecified atom stereocenters. The molecule has 1 rings (SSSR count). The minimum atomic E-state index is 0.0819. The number of ether oxygens (including phenoxy) is 1. The van der Waals surface area contributed by atoms with Crippen LogP contribution in [0.1, 0.15) is 30.6 Å². The fraction of sp³-hybridized carbons (Fsp3) is 0.500. The van der Waals surface area contributed by atoms with E-state index in [2.05, 4.69) is 11.9 Å². The third kappa shape index (κ3) is 2.18. The van der Waals surface area contributed by atoms with Crippen molar-refractivity contribution < 1.29 is 4.74 Å². The Morgan fingerprint density at radius 1 is 1.54 bits per heavy atom. The summed E-state index contributed by atoms with van der Waals surface area (Å²) in [5.41, 5.74) is 7.96. The van der Waals surface area contributed by atoms with Gasteiger partial charge in [0.25, 0.3) is 0 Å². The Balaban J connectivity index is 2.98. The zero-order valence-electron chi connectivity index (χ0n) is 8.37. The van der Waals surface area contributed by atoms with Gasteiger partial charge in [0, 0.05) is 17.8 Å². The molecule has 0 bridgehead atoms. The Morgan fingerprint density at radius 2 is 2.23 bits per heavy atom. The second kappa shape index (κ2) is 4.23. The lowest BCUT2D eigenvalue weighted by atomic mass is 10.0. The first kappa shape index (κ1) is 9.99. The van der Waals surface area contributed by atoms with Crippen molar-refractivity contribution in [1.29, 1.82) is 0 Å². The minimum Gasteiger partial charge on any atom is -0.481 e. The van der Waals surface area contributed by atoms with E-state index in [9.17, 15) is 0 Å². The number of rotatable bonds is 3. The van der Waals surface area contributed by atoms with Crippen LogP contribution in [0.4, 0.5) is 0 Å². The second-order valence-corrected chi connectivity index (χ2v) is 3.04. The highest BCUT2D eigenvalue weighted by Gasteiger charge is 2.08. The summed E-state index contributed by atoms with van der Waals surface area (Å²) in [6, 6.07) is 3.91. The predicted molar refractivity (Wildman–Crippen MR) is 52.7 cm³/mol. The number of nitrogens with zero attached hydrogens (tertiary/aromatic N) is 1. The Labute approximate surface area is 78.9 Å². The molecule has 2 N–H and O–H groups in total. The number of pyridine rings is 1. The van der Waals surface area contributed by atoms with E-state index in [1.807, 2.05) is 19.1 Å². The first-order valence-corrected chi connectivity index (χ1v) is 4.46. The van der Waals surface area contributed by atoms with Gasteiger partial charge in [-0.2, -0.15) is 0 Å². The molecular weight excluding hydrogens is 164 g/mol. The summed E-state index contributed by atoms with van der Waals surface area (Å²) in [5.74, 6) is 0.643. The highest BCUT2D eigenvalue weighted by atomic mass is 16.5. The van der Waals surface area contributed by atoms with Crippen LogP contribution < -0.4 is 10.5 Å². The van der Waals surface area contributed by atoms with Crippen LogP contribution in [0.5, 0.6) is 5.88 Å². The average Bonchev–Trinajstić information content (AvgIpc) is 2.16. The molecule has 0 spiro atoms. The van der Waals surface area contributed by atoms with E-state index in [1.165, 1.54) is 0 Å². The molecule has 0 saturated carbocycles. The molecule has 1 heterocycles. The van der Waals surface area contributed by atoms with Crippen LogP contribution in [0.2, 0.25) is 0 Å². The van der Waals surface area contributed by atoms with Crippen molar-refractivity contribution in [3.63, 3.8) is 0 Å². The maximum Gasteiger partial charge on any atom is 0.213 e. The minimum absolute atomic E-state index is 0.0819. The molecule has 0 radical (unpaired) electrons. The van der Waals surface area contributed by atoms with Crippen molar-refractivity contribution >= 4 is 0 Å². The maximum absolute atomic E-state index is 5.91. The maximum atomic E-state index is 5.91. The first-order valence-electron chi connectivity index (χ1n) is 4.46. The van der Waals surface area contributed by atoms with Gasteiger partial charge >= 0.3 is 0 Å². The van der Waals surface area contributed by atoms with E-state index in [0.717, 1.165) is 17.7 Å². The number of hydrogen-bond acceptors (Lipinski definition) is 3. The fourth-order valence-electron chi connectivity index (χ4n) is 1.27. The summed E-state index contributed by atoms with van der Waals surface area (Å²) in [7, 11) is 1.61. The van der Waals surface area contributed by atoms with Crippen molar-refractivity contribution in [2.75, 3.05) is 7.11 Å². The van der Waals surface area contributed by atoms with Crippen molar-refractivity contribution in [2.45, 2.75) is 26.3 Å². The van der Waals surface area contributed by atoms with Crippen LogP contribution in [0.3, 0.4) is 0 Å². The van der Waals surface area contributed by atoms with Crippen LogP contribution >= 0.6 is 0 Å². The molecule has 13 heavy (non-hydrogen) atoms. The molecule has 1 aromatic heterocycles. The van der Waals surface area contributed by atoms with E-state index in [-0.39, 0.29) is 6.04 Å². The van der Waals surface area contributed by atoms with E-state index < -0.39 is 0 Å². The zero-order valence-corrected chi connectivity index (χ0v) is 8.37. The summed E-state index contributed by atoms with van der Waals surface area (Å²) in [4.78, 5) is 4.26. The summed E-state index contributed by atoms with van der Waals surface area (Å²) in [6.45, 7) is 4.02. The van der Waals surface area contributed by atoms with Gasteiger partial charge in [-0.1, -0.05) is 13.0 Å². The SMILES string of the molecule is CC[C@H](N)c1ccc(OC)nc1C. The van der Waals surface area contributed by atoms with Gasteiger partial charge in [-0.25, -0.2) is 4.98 Å². The summed E-state index contributed by atoms with van der Waals surface area (Å²) < 4.78 is 5.01. The third-order valence-electron chi connectivity index (χ3n) is 2.15. The van der Waals surface area contributed by atoms with Gasteiger partial charge in [0.15, 0.2) is 0 Å². The summed E-state index contributed by atoms with van der Waals surface area (Å²) in [6.07, 6.45) is 0.925. The van der Waals surface area contributed by atoms with Gasteiger partial charge < -0.3 is 10.5 Å². The number of methoxy groups -OCH3 is 1. The van der Waals surface area contributed by atoms with Crippen LogP contribution in [0.15, 0.2) is 12.1 Å². The monoisotopic (exact) mass is 180 g/mol. The highest BCUT2D eigenvalue weighted by molar-refractivity contribution is 5.27. The summed E-state index contributed by atoms with van der Waals surface area (Å²) >= 11 is 0. The molecule has 3 heteroatoms. The Kier molecular flexibility index (Phi) is 3.25.